The third kappa shape index (κ3) is 2.75. The Morgan fingerprint density at radius 2 is 1.88 bits per heavy atom. The van der Waals surface area contributed by atoms with E-state index in [-0.39, 0.29) is 0 Å². The number of halogens is 3. The lowest BCUT2D eigenvalue weighted by atomic mass is 9.92. The van der Waals surface area contributed by atoms with Gasteiger partial charge in [0, 0.05) is 0 Å². The summed E-state index contributed by atoms with van der Waals surface area (Å²) in [5.41, 5.74) is 0. The van der Waals surface area contributed by atoms with Gasteiger partial charge >= 0.3 is 24.1 Å². The van der Waals surface area contributed by atoms with Crippen LogP contribution in [0.3, 0.4) is 0 Å². The van der Waals surface area contributed by atoms with Crippen LogP contribution >= 0.6 is 0 Å². The summed E-state index contributed by atoms with van der Waals surface area (Å²) in [6.45, 7) is 2.42. The molecule has 0 N–H and O–H groups in total. The molecule has 17 heavy (non-hydrogen) atoms. The Morgan fingerprint density at radius 1 is 1.35 bits per heavy atom. The van der Waals surface area contributed by atoms with Gasteiger partial charge < -0.3 is 9.47 Å². The molecular weight excluding hydrogens is 245 g/mol. The maximum Gasteiger partial charge on any atom is 0.490 e. The van der Waals surface area contributed by atoms with Gasteiger partial charge in [0.15, 0.2) is 0 Å². The molecule has 1 fully saturated rings. The number of hydrogen-bond donors (Lipinski definition) is 0. The van der Waals surface area contributed by atoms with Crippen molar-refractivity contribution >= 4 is 17.9 Å². The molecule has 3 unspecified atom stereocenters. The molecule has 0 aromatic carbocycles. The van der Waals surface area contributed by atoms with Crippen LogP contribution in [-0.2, 0) is 23.9 Å². The van der Waals surface area contributed by atoms with E-state index < -0.39 is 42.0 Å². The van der Waals surface area contributed by atoms with Crippen molar-refractivity contribution in [2.75, 3.05) is 0 Å². The predicted octanol–water partition coefficient (Wildman–Crippen LogP) is 0.816. The summed E-state index contributed by atoms with van der Waals surface area (Å²) in [4.78, 5) is 32.7. The SMILES string of the molecule is CC(OC(=O)C(F)(F)F)C1C(=O)OC(=O)C1C. The van der Waals surface area contributed by atoms with Crippen LogP contribution in [0.15, 0.2) is 0 Å². The van der Waals surface area contributed by atoms with Crippen LogP contribution in [0.25, 0.3) is 0 Å². The Labute approximate surface area is 93.9 Å². The highest BCUT2D eigenvalue weighted by Gasteiger charge is 2.49. The molecule has 0 radical (unpaired) electrons. The van der Waals surface area contributed by atoms with Crippen molar-refractivity contribution in [1.29, 1.82) is 0 Å². The second-order valence-electron chi connectivity index (χ2n) is 3.66. The number of carbonyl (C=O) groups is 3. The average molecular weight is 254 g/mol. The number of rotatable bonds is 2. The third-order valence-electron chi connectivity index (χ3n) is 2.41. The summed E-state index contributed by atoms with van der Waals surface area (Å²) >= 11 is 0. The zero-order valence-electron chi connectivity index (χ0n) is 8.91. The van der Waals surface area contributed by atoms with E-state index in [4.69, 9.17) is 0 Å². The molecule has 0 spiro atoms. The minimum absolute atomic E-state index is 0.838. The van der Waals surface area contributed by atoms with Crippen LogP contribution in [0.5, 0.6) is 0 Å². The fourth-order valence-electron chi connectivity index (χ4n) is 1.52. The van der Waals surface area contributed by atoms with E-state index in [9.17, 15) is 27.6 Å². The Bertz CT molecular complexity index is 362. The van der Waals surface area contributed by atoms with E-state index in [1.54, 1.807) is 0 Å². The zero-order valence-corrected chi connectivity index (χ0v) is 8.91. The molecule has 0 saturated carbocycles. The number of alkyl halides is 3. The van der Waals surface area contributed by atoms with Gasteiger partial charge in [-0.05, 0) is 6.92 Å². The number of ether oxygens (including phenoxy) is 2. The van der Waals surface area contributed by atoms with Crippen LogP contribution in [0.1, 0.15) is 13.8 Å². The molecule has 1 saturated heterocycles. The van der Waals surface area contributed by atoms with Gasteiger partial charge in [0.25, 0.3) is 0 Å². The smallest absolute Gasteiger partial charge is 0.455 e. The Morgan fingerprint density at radius 3 is 2.24 bits per heavy atom. The van der Waals surface area contributed by atoms with Gasteiger partial charge in [-0.2, -0.15) is 13.2 Å². The first kappa shape index (κ1) is 13.5. The van der Waals surface area contributed by atoms with Gasteiger partial charge in [-0.25, -0.2) is 4.79 Å². The number of esters is 3. The second-order valence-corrected chi connectivity index (χ2v) is 3.66. The molecule has 1 heterocycles. The van der Waals surface area contributed by atoms with Gasteiger partial charge in [-0.1, -0.05) is 6.92 Å². The lowest BCUT2D eigenvalue weighted by molar-refractivity contribution is -0.206. The molecule has 0 bridgehead atoms. The quantitative estimate of drug-likeness (QED) is 0.539. The van der Waals surface area contributed by atoms with E-state index in [1.165, 1.54) is 6.92 Å². The first-order valence-corrected chi connectivity index (χ1v) is 4.68. The standard InChI is InChI=1S/C9H9F3O5/c1-3-5(7(14)17-6(3)13)4(2)16-8(15)9(10,11)12/h3-5H,1-2H3. The molecule has 1 aliphatic rings. The summed E-state index contributed by atoms with van der Waals surface area (Å²) in [5.74, 6) is -6.35. The van der Waals surface area contributed by atoms with Gasteiger partial charge in [0.1, 0.15) is 12.0 Å². The molecule has 8 heteroatoms. The van der Waals surface area contributed by atoms with Crippen LogP contribution in [-0.4, -0.2) is 30.2 Å². The summed E-state index contributed by atoms with van der Waals surface area (Å²) in [6, 6.07) is 0. The average Bonchev–Trinajstić information content (AvgIpc) is 2.39. The minimum Gasteiger partial charge on any atom is -0.455 e. The normalized spacial score (nSPS) is 26.6. The highest BCUT2D eigenvalue weighted by Crippen LogP contribution is 2.29. The lowest BCUT2D eigenvalue weighted by Gasteiger charge is -2.19. The van der Waals surface area contributed by atoms with E-state index in [1.807, 2.05) is 0 Å². The first-order valence-electron chi connectivity index (χ1n) is 4.68. The van der Waals surface area contributed by atoms with Crippen molar-refractivity contribution in [3.63, 3.8) is 0 Å². The van der Waals surface area contributed by atoms with E-state index in [0.29, 0.717) is 0 Å². The molecule has 5 nitrogen and oxygen atoms in total. The fraction of sp³-hybridized carbons (Fsp3) is 0.667. The van der Waals surface area contributed by atoms with Crippen LogP contribution in [0.4, 0.5) is 13.2 Å². The van der Waals surface area contributed by atoms with Crippen molar-refractivity contribution in [2.45, 2.75) is 26.1 Å². The Kier molecular flexibility index (Phi) is 3.44. The number of carbonyl (C=O) groups excluding carboxylic acids is 3. The molecule has 1 aliphatic heterocycles. The van der Waals surface area contributed by atoms with Crippen molar-refractivity contribution in [1.82, 2.24) is 0 Å². The molecule has 0 aromatic rings. The van der Waals surface area contributed by atoms with Gasteiger partial charge in [0.2, 0.25) is 0 Å². The Hall–Kier alpha value is -1.60. The topological polar surface area (TPSA) is 69.7 Å². The predicted molar refractivity (Wildman–Crippen MR) is 45.4 cm³/mol. The molecule has 3 atom stereocenters. The second kappa shape index (κ2) is 4.34. The van der Waals surface area contributed by atoms with Crippen LogP contribution in [0, 0.1) is 11.8 Å². The molecule has 0 aliphatic carbocycles. The van der Waals surface area contributed by atoms with Crippen LogP contribution in [0.2, 0.25) is 0 Å². The molecular formula is C9H9F3O5. The summed E-state index contributed by atoms with van der Waals surface area (Å²) < 4.78 is 44.0. The fourth-order valence-corrected chi connectivity index (χ4v) is 1.52. The zero-order chi connectivity index (χ0) is 13.4. The van der Waals surface area contributed by atoms with Gasteiger partial charge in [0.05, 0.1) is 5.92 Å². The molecule has 0 amide bonds. The highest BCUT2D eigenvalue weighted by atomic mass is 19.4. The van der Waals surface area contributed by atoms with Crippen molar-refractivity contribution in [2.24, 2.45) is 11.8 Å². The van der Waals surface area contributed by atoms with E-state index in [0.717, 1.165) is 6.92 Å². The summed E-state index contributed by atoms with van der Waals surface area (Å²) in [6.07, 6.45) is -6.51. The van der Waals surface area contributed by atoms with Gasteiger partial charge in [-0.3, -0.25) is 9.59 Å². The number of hydrogen-bond acceptors (Lipinski definition) is 5. The maximum atomic E-state index is 11.9. The summed E-state index contributed by atoms with van der Waals surface area (Å²) in [7, 11) is 0. The van der Waals surface area contributed by atoms with E-state index >= 15 is 0 Å². The number of cyclic esters (lactones) is 2. The largest absolute Gasteiger partial charge is 0.490 e. The van der Waals surface area contributed by atoms with Crippen LogP contribution < -0.4 is 0 Å². The lowest BCUT2D eigenvalue weighted by Crippen LogP contribution is -2.36. The maximum absolute atomic E-state index is 11.9. The van der Waals surface area contributed by atoms with Crippen molar-refractivity contribution in [3.05, 3.63) is 0 Å². The van der Waals surface area contributed by atoms with E-state index in [2.05, 4.69) is 9.47 Å². The molecule has 1 rings (SSSR count). The van der Waals surface area contributed by atoms with Crippen molar-refractivity contribution in [3.8, 4) is 0 Å². The van der Waals surface area contributed by atoms with Crippen molar-refractivity contribution < 1.29 is 37.0 Å². The first-order chi connectivity index (χ1) is 7.64. The molecule has 0 aromatic heterocycles. The Balaban J connectivity index is 2.71. The third-order valence-corrected chi connectivity index (χ3v) is 2.41. The molecule has 96 valence electrons. The monoisotopic (exact) mass is 254 g/mol. The highest BCUT2D eigenvalue weighted by molar-refractivity contribution is 5.96. The van der Waals surface area contributed by atoms with Gasteiger partial charge in [-0.15, -0.1) is 0 Å². The minimum atomic E-state index is -5.13. The summed E-state index contributed by atoms with van der Waals surface area (Å²) in [5, 5.41) is 0.